The van der Waals surface area contributed by atoms with Gasteiger partial charge in [0, 0.05) is 13.1 Å². The average molecular weight is 597 g/mol. The van der Waals surface area contributed by atoms with Crippen molar-refractivity contribution in [2.45, 2.75) is 83.1 Å². The fourth-order valence-electron chi connectivity index (χ4n) is 4.70. The molecule has 0 aliphatic carbocycles. The molecule has 232 valence electrons. The molecule has 0 unspecified atom stereocenters. The van der Waals surface area contributed by atoms with Gasteiger partial charge in [-0.1, -0.05) is 63.1 Å². The molecule has 0 saturated carbocycles. The summed E-state index contributed by atoms with van der Waals surface area (Å²) in [6.45, 7) is 7.94. The highest BCUT2D eigenvalue weighted by atomic mass is 32.2. The zero-order valence-electron chi connectivity index (χ0n) is 24.3. The Labute approximate surface area is 244 Å². The van der Waals surface area contributed by atoms with Gasteiger partial charge in [-0.25, -0.2) is 0 Å². The van der Waals surface area contributed by atoms with Crippen molar-refractivity contribution in [1.29, 1.82) is 0 Å². The zero-order valence-corrected chi connectivity index (χ0v) is 25.2. The maximum absolute atomic E-state index is 13.2. The number of ether oxygens (including phenoxy) is 1. The van der Waals surface area contributed by atoms with E-state index in [0.29, 0.717) is 12.8 Å². The van der Waals surface area contributed by atoms with Gasteiger partial charge in [-0.05, 0) is 43.6 Å². The van der Waals surface area contributed by atoms with Crippen LogP contribution >= 0.6 is 0 Å². The molecule has 2 rings (SSSR count). The van der Waals surface area contributed by atoms with Gasteiger partial charge in [0.1, 0.15) is 6.04 Å². The highest BCUT2D eigenvalue weighted by molar-refractivity contribution is 7.87. The van der Waals surface area contributed by atoms with Crippen LogP contribution < -0.4 is 15.4 Å². The SMILES string of the molecule is C=CC[C@H](NC(=O)CNS(=O)(=O)N1CCOCC1)C(=O)N[C@@H](CCCCCc1ccccc1)[C@@H](O)[C@@H](O)CC(C)C. The number of hydrogen-bond acceptors (Lipinski definition) is 7. The number of unbranched alkanes of at least 4 members (excludes halogenated alkanes) is 2. The van der Waals surface area contributed by atoms with E-state index in [0.717, 1.165) is 25.7 Å². The summed E-state index contributed by atoms with van der Waals surface area (Å²) in [6.07, 6.45) is 3.68. The van der Waals surface area contributed by atoms with Gasteiger partial charge in [-0.3, -0.25) is 9.59 Å². The predicted molar refractivity (Wildman–Crippen MR) is 158 cm³/mol. The smallest absolute Gasteiger partial charge is 0.280 e. The zero-order chi connectivity index (χ0) is 30.3. The van der Waals surface area contributed by atoms with E-state index in [1.807, 2.05) is 32.0 Å². The first-order valence-corrected chi connectivity index (χ1v) is 15.9. The van der Waals surface area contributed by atoms with Crippen LogP contribution in [0.5, 0.6) is 0 Å². The van der Waals surface area contributed by atoms with Crippen LogP contribution in [0.2, 0.25) is 0 Å². The first-order valence-electron chi connectivity index (χ1n) is 14.5. The lowest BCUT2D eigenvalue weighted by molar-refractivity contribution is -0.130. The molecule has 0 bridgehead atoms. The third-order valence-electron chi connectivity index (χ3n) is 6.95. The van der Waals surface area contributed by atoms with Crippen LogP contribution in [-0.4, -0.2) is 91.9 Å². The van der Waals surface area contributed by atoms with Crippen LogP contribution in [-0.2, 0) is 31.0 Å². The topological polar surface area (TPSA) is 157 Å². The normalized spacial score (nSPS) is 17.4. The van der Waals surface area contributed by atoms with Crippen LogP contribution in [0.15, 0.2) is 43.0 Å². The van der Waals surface area contributed by atoms with Crippen LogP contribution in [0, 0.1) is 5.92 Å². The third kappa shape index (κ3) is 13.0. The molecule has 1 saturated heterocycles. The van der Waals surface area contributed by atoms with Crippen molar-refractivity contribution in [3.05, 3.63) is 48.6 Å². The Morgan fingerprint density at radius 3 is 2.39 bits per heavy atom. The number of aliphatic hydroxyl groups is 2. The van der Waals surface area contributed by atoms with Crippen molar-refractivity contribution in [3.8, 4) is 0 Å². The molecule has 4 atom stereocenters. The van der Waals surface area contributed by atoms with Crippen molar-refractivity contribution in [3.63, 3.8) is 0 Å². The number of aryl methyl sites for hydroxylation is 1. The number of rotatable bonds is 19. The number of hydrogen-bond donors (Lipinski definition) is 5. The average Bonchev–Trinajstić information content (AvgIpc) is 2.95. The molecule has 1 aliphatic heterocycles. The molecule has 0 spiro atoms. The van der Waals surface area contributed by atoms with Crippen LogP contribution in [0.3, 0.4) is 0 Å². The van der Waals surface area contributed by atoms with E-state index < -0.39 is 52.9 Å². The molecule has 1 fully saturated rings. The molecule has 2 amide bonds. The summed E-state index contributed by atoms with van der Waals surface area (Å²) < 4.78 is 33.5. The Morgan fingerprint density at radius 2 is 1.76 bits per heavy atom. The Morgan fingerprint density at radius 1 is 1.07 bits per heavy atom. The van der Waals surface area contributed by atoms with E-state index >= 15 is 0 Å². The monoisotopic (exact) mass is 596 g/mol. The minimum Gasteiger partial charge on any atom is -0.390 e. The lowest BCUT2D eigenvalue weighted by Gasteiger charge is -2.30. The lowest BCUT2D eigenvalue weighted by atomic mass is 9.93. The molecule has 1 aromatic rings. The molecule has 41 heavy (non-hydrogen) atoms. The van der Waals surface area contributed by atoms with Gasteiger partial charge in [0.05, 0.1) is 38.0 Å². The molecular formula is C29H48N4O7S. The van der Waals surface area contributed by atoms with Crippen molar-refractivity contribution < 1.29 is 33.0 Å². The molecule has 1 aromatic carbocycles. The van der Waals surface area contributed by atoms with E-state index in [4.69, 9.17) is 4.74 Å². The Hall–Kier alpha value is -2.35. The Kier molecular flexibility index (Phi) is 15.5. The third-order valence-corrected chi connectivity index (χ3v) is 8.50. The summed E-state index contributed by atoms with van der Waals surface area (Å²) in [5.74, 6) is -1.07. The van der Waals surface area contributed by atoms with E-state index in [-0.39, 0.29) is 38.6 Å². The van der Waals surface area contributed by atoms with Crippen molar-refractivity contribution >= 4 is 22.0 Å². The van der Waals surface area contributed by atoms with Crippen LogP contribution in [0.25, 0.3) is 0 Å². The van der Waals surface area contributed by atoms with E-state index in [9.17, 15) is 28.2 Å². The van der Waals surface area contributed by atoms with Gasteiger partial charge in [-0.15, -0.1) is 6.58 Å². The maximum Gasteiger partial charge on any atom is 0.280 e. The number of benzene rings is 1. The highest BCUT2D eigenvalue weighted by Gasteiger charge is 2.31. The quantitative estimate of drug-likeness (QED) is 0.119. The number of carbonyl (C=O) groups excluding carboxylic acids is 2. The van der Waals surface area contributed by atoms with E-state index in [1.54, 1.807) is 0 Å². The van der Waals surface area contributed by atoms with E-state index in [2.05, 4.69) is 34.1 Å². The maximum atomic E-state index is 13.2. The van der Waals surface area contributed by atoms with Gasteiger partial charge in [-0.2, -0.15) is 17.4 Å². The second-order valence-corrected chi connectivity index (χ2v) is 12.6. The van der Waals surface area contributed by atoms with Crippen LogP contribution in [0.4, 0.5) is 0 Å². The second-order valence-electron chi connectivity index (χ2n) is 10.9. The summed E-state index contributed by atoms with van der Waals surface area (Å²) in [4.78, 5) is 25.8. The van der Waals surface area contributed by atoms with Crippen molar-refractivity contribution in [2.75, 3.05) is 32.8 Å². The van der Waals surface area contributed by atoms with Gasteiger partial charge >= 0.3 is 0 Å². The lowest BCUT2D eigenvalue weighted by Crippen LogP contribution is -2.56. The number of nitrogens with one attached hydrogen (secondary N) is 3. The van der Waals surface area contributed by atoms with Gasteiger partial charge in [0.25, 0.3) is 10.2 Å². The minimum atomic E-state index is -3.87. The predicted octanol–water partition coefficient (Wildman–Crippen LogP) is 1.27. The number of aliphatic hydroxyl groups excluding tert-OH is 2. The largest absolute Gasteiger partial charge is 0.390 e. The molecule has 0 aromatic heterocycles. The number of nitrogens with zero attached hydrogens (tertiary/aromatic N) is 1. The molecule has 5 N–H and O–H groups in total. The molecule has 0 radical (unpaired) electrons. The fourth-order valence-corrected chi connectivity index (χ4v) is 5.82. The second kappa shape index (κ2) is 18.2. The summed E-state index contributed by atoms with van der Waals surface area (Å²) in [5, 5.41) is 26.9. The van der Waals surface area contributed by atoms with Gasteiger partial charge in [0.15, 0.2) is 0 Å². The van der Waals surface area contributed by atoms with Crippen molar-refractivity contribution in [1.82, 2.24) is 19.7 Å². The summed E-state index contributed by atoms with van der Waals surface area (Å²) in [6, 6.07) is 8.40. The number of amides is 2. The Bertz CT molecular complexity index is 1030. The molecule has 1 aliphatic rings. The van der Waals surface area contributed by atoms with Crippen molar-refractivity contribution in [2.24, 2.45) is 5.92 Å². The molecule has 12 heteroatoms. The summed E-state index contributed by atoms with van der Waals surface area (Å²) in [7, 11) is -3.87. The molecule has 11 nitrogen and oxygen atoms in total. The number of morpholine rings is 1. The highest BCUT2D eigenvalue weighted by Crippen LogP contribution is 2.16. The Balaban J connectivity index is 1.96. The fraction of sp³-hybridized carbons (Fsp3) is 0.655. The van der Waals surface area contributed by atoms with Gasteiger partial charge < -0.3 is 25.6 Å². The first-order chi connectivity index (χ1) is 19.5. The standard InChI is InChI=1S/C29H48N4O7S/c1-4-11-25(31-27(35)21-30-41(38,39)33-16-18-40-19-17-33)29(37)32-24(28(36)26(34)20-22(2)3)15-10-6-9-14-23-12-7-5-8-13-23/h4-5,7-8,12-13,22,24-26,28,30,34,36H,1,6,9-11,14-21H2,2-3H3,(H,31,35)(H,32,37)/t24-,25-,26-,28+/m0/s1. The van der Waals surface area contributed by atoms with E-state index in [1.165, 1.54) is 15.9 Å². The summed E-state index contributed by atoms with van der Waals surface area (Å²) in [5.41, 5.74) is 1.25. The van der Waals surface area contributed by atoms with Gasteiger partial charge in [0.2, 0.25) is 11.8 Å². The summed E-state index contributed by atoms with van der Waals surface area (Å²) >= 11 is 0. The molecular weight excluding hydrogens is 548 g/mol. The first kappa shape index (κ1) is 34.8. The number of carbonyl (C=O) groups is 2. The minimum absolute atomic E-state index is 0.0994. The molecule has 1 heterocycles. The van der Waals surface area contributed by atoms with Crippen LogP contribution in [0.1, 0.15) is 57.9 Å².